The average molecular weight is 263 g/mol. The fourth-order valence-corrected chi connectivity index (χ4v) is 2.46. The van der Waals surface area contributed by atoms with Gasteiger partial charge in [0.1, 0.15) is 11.7 Å². The molecular weight excluding hydrogens is 249 g/mol. The molecule has 94 valence electrons. The van der Waals surface area contributed by atoms with Crippen LogP contribution in [-0.2, 0) is 6.54 Å². The van der Waals surface area contributed by atoms with Crippen molar-refractivity contribution in [2.75, 3.05) is 11.9 Å². The van der Waals surface area contributed by atoms with Crippen LogP contribution in [0.3, 0.4) is 0 Å². The lowest BCUT2D eigenvalue weighted by Gasteiger charge is -2.21. The van der Waals surface area contributed by atoms with Gasteiger partial charge in [0, 0.05) is 24.8 Å². The van der Waals surface area contributed by atoms with Gasteiger partial charge in [-0.05, 0) is 40.6 Å². The van der Waals surface area contributed by atoms with Gasteiger partial charge < -0.3 is 10.6 Å². The minimum Gasteiger partial charge on any atom is -0.384 e. The Labute approximate surface area is 109 Å². The predicted octanol–water partition coefficient (Wildman–Crippen LogP) is 2.81. The van der Waals surface area contributed by atoms with E-state index in [2.05, 4.69) is 5.38 Å². The number of thiophene rings is 1. The molecule has 0 fully saturated rings. The highest BCUT2D eigenvalue weighted by molar-refractivity contribution is 7.07. The van der Waals surface area contributed by atoms with Crippen LogP contribution in [0.25, 0.3) is 0 Å². The summed E-state index contributed by atoms with van der Waals surface area (Å²) in [6.07, 6.45) is 0. The van der Waals surface area contributed by atoms with Crippen molar-refractivity contribution in [3.8, 4) is 0 Å². The van der Waals surface area contributed by atoms with Crippen molar-refractivity contribution < 1.29 is 4.39 Å². The zero-order valence-corrected chi connectivity index (χ0v) is 10.8. The molecule has 0 atom stereocenters. The van der Waals surface area contributed by atoms with Crippen LogP contribution < -0.4 is 10.6 Å². The van der Waals surface area contributed by atoms with E-state index in [1.165, 1.54) is 17.7 Å². The normalized spacial score (nSPS) is 10.3. The number of hydrogen-bond acceptors (Lipinski definition) is 3. The first-order valence-electron chi connectivity index (χ1n) is 5.44. The van der Waals surface area contributed by atoms with Crippen molar-refractivity contribution in [1.29, 1.82) is 5.41 Å². The zero-order valence-electron chi connectivity index (χ0n) is 9.98. The lowest BCUT2D eigenvalue weighted by Crippen LogP contribution is -2.22. The van der Waals surface area contributed by atoms with Gasteiger partial charge in [-0.3, -0.25) is 5.41 Å². The molecule has 0 spiro atoms. The molecule has 0 saturated heterocycles. The molecule has 0 aliphatic carbocycles. The van der Waals surface area contributed by atoms with Gasteiger partial charge in [-0.25, -0.2) is 4.39 Å². The summed E-state index contributed by atoms with van der Waals surface area (Å²) >= 11 is 1.64. The molecule has 0 bridgehead atoms. The number of halogens is 1. The van der Waals surface area contributed by atoms with E-state index < -0.39 is 0 Å². The van der Waals surface area contributed by atoms with Gasteiger partial charge in [0.25, 0.3) is 0 Å². The van der Waals surface area contributed by atoms with Crippen LogP contribution in [0.5, 0.6) is 0 Å². The van der Waals surface area contributed by atoms with E-state index in [1.54, 1.807) is 17.4 Å². The van der Waals surface area contributed by atoms with Crippen LogP contribution in [0.4, 0.5) is 10.1 Å². The molecule has 1 aromatic carbocycles. The summed E-state index contributed by atoms with van der Waals surface area (Å²) in [7, 11) is 1.90. The van der Waals surface area contributed by atoms with Crippen LogP contribution in [0.2, 0.25) is 0 Å². The fourth-order valence-electron chi connectivity index (χ4n) is 1.80. The van der Waals surface area contributed by atoms with E-state index in [4.69, 9.17) is 11.1 Å². The van der Waals surface area contributed by atoms with Gasteiger partial charge in [-0.15, -0.1) is 0 Å². The molecule has 2 aromatic rings. The van der Waals surface area contributed by atoms with Gasteiger partial charge in [0.05, 0.1) is 0 Å². The van der Waals surface area contributed by atoms with E-state index in [9.17, 15) is 4.39 Å². The van der Waals surface area contributed by atoms with E-state index in [0.717, 1.165) is 5.69 Å². The van der Waals surface area contributed by atoms with Crippen LogP contribution in [0, 0.1) is 11.2 Å². The summed E-state index contributed by atoms with van der Waals surface area (Å²) in [6.45, 7) is 0.704. The Kier molecular flexibility index (Phi) is 3.62. The number of nitrogens with two attached hydrogens (primary N) is 1. The van der Waals surface area contributed by atoms with Crippen molar-refractivity contribution >= 4 is 22.9 Å². The Morgan fingerprint density at radius 2 is 2.22 bits per heavy atom. The standard InChI is InChI=1S/C13H14FN3S/c1-17(7-9-4-5-18-8-9)12-3-2-10(14)6-11(12)13(15)16/h2-6,8H,7H2,1H3,(H3,15,16). The molecule has 0 amide bonds. The van der Waals surface area contributed by atoms with Crippen molar-refractivity contribution in [1.82, 2.24) is 0 Å². The lowest BCUT2D eigenvalue weighted by atomic mass is 10.1. The third-order valence-corrected chi connectivity index (χ3v) is 3.39. The minimum absolute atomic E-state index is 0.123. The molecule has 3 nitrogen and oxygen atoms in total. The molecule has 0 saturated carbocycles. The largest absolute Gasteiger partial charge is 0.384 e. The van der Waals surface area contributed by atoms with Gasteiger partial charge in [0.2, 0.25) is 0 Å². The third-order valence-electron chi connectivity index (χ3n) is 2.66. The summed E-state index contributed by atoms with van der Waals surface area (Å²) in [4.78, 5) is 1.96. The molecule has 2 rings (SSSR count). The summed E-state index contributed by atoms with van der Waals surface area (Å²) in [6, 6.07) is 6.37. The molecule has 3 N–H and O–H groups in total. The van der Waals surface area contributed by atoms with E-state index in [1.807, 2.05) is 23.4 Å². The SMILES string of the molecule is CN(Cc1ccsc1)c1ccc(F)cc1C(=N)N. The summed E-state index contributed by atoms with van der Waals surface area (Å²) in [5.74, 6) is -0.505. The quantitative estimate of drug-likeness (QED) is 0.658. The summed E-state index contributed by atoms with van der Waals surface area (Å²) < 4.78 is 13.2. The number of anilines is 1. The molecule has 18 heavy (non-hydrogen) atoms. The number of nitrogens with zero attached hydrogens (tertiary/aromatic N) is 1. The molecule has 0 aliphatic heterocycles. The molecule has 1 heterocycles. The molecule has 5 heteroatoms. The maximum Gasteiger partial charge on any atom is 0.125 e. The second kappa shape index (κ2) is 5.18. The number of amidine groups is 1. The monoisotopic (exact) mass is 263 g/mol. The van der Waals surface area contributed by atoms with E-state index >= 15 is 0 Å². The smallest absolute Gasteiger partial charge is 0.125 e. The minimum atomic E-state index is -0.382. The fraction of sp³-hybridized carbons (Fsp3) is 0.154. The first-order chi connectivity index (χ1) is 8.58. The van der Waals surface area contributed by atoms with Crippen molar-refractivity contribution in [3.63, 3.8) is 0 Å². The lowest BCUT2D eigenvalue weighted by molar-refractivity contribution is 0.627. The average Bonchev–Trinajstić information content (AvgIpc) is 2.81. The van der Waals surface area contributed by atoms with Crippen LogP contribution >= 0.6 is 11.3 Å². The maximum atomic E-state index is 13.2. The molecule has 0 aliphatic rings. The highest BCUT2D eigenvalue weighted by Crippen LogP contribution is 2.22. The summed E-state index contributed by atoms with van der Waals surface area (Å²) in [5.41, 5.74) is 7.85. The Hall–Kier alpha value is -1.88. The number of nitrogens with one attached hydrogen (secondary N) is 1. The molecule has 1 aromatic heterocycles. The van der Waals surface area contributed by atoms with Gasteiger partial charge in [-0.2, -0.15) is 11.3 Å². The number of hydrogen-bond donors (Lipinski definition) is 2. The number of rotatable bonds is 4. The Morgan fingerprint density at radius 3 is 2.83 bits per heavy atom. The molecule has 0 radical (unpaired) electrons. The second-order valence-corrected chi connectivity index (χ2v) is 4.84. The van der Waals surface area contributed by atoms with Crippen LogP contribution in [-0.4, -0.2) is 12.9 Å². The van der Waals surface area contributed by atoms with Gasteiger partial charge in [0.15, 0.2) is 0 Å². The molecule has 0 unspecified atom stereocenters. The molecular formula is C13H14FN3S. The zero-order chi connectivity index (χ0) is 13.1. The van der Waals surface area contributed by atoms with Gasteiger partial charge >= 0.3 is 0 Å². The van der Waals surface area contributed by atoms with E-state index in [-0.39, 0.29) is 11.7 Å². The number of benzene rings is 1. The highest BCUT2D eigenvalue weighted by atomic mass is 32.1. The van der Waals surface area contributed by atoms with Crippen molar-refractivity contribution in [2.24, 2.45) is 5.73 Å². The Morgan fingerprint density at radius 1 is 1.44 bits per heavy atom. The number of nitrogen functional groups attached to an aromatic ring is 1. The van der Waals surface area contributed by atoms with Crippen LogP contribution in [0.1, 0.15) is 11.1 Å². The topological polar surface area (TPSA) is 53.1 Å². The van der Waals surface area contributed by atoms with Crippen LogP contribution in [0.15, 0.2) is 35.0 Å². The first-order valence-corrected chi connectivity index (χ1v) is 6.38. The predicted molar refractivity (Wildman–Crippen MR) is 73.8 cm³/mol. The third kappa shape index (κ3) is 2.68. The van der Waals surface area contributed by atoms with Crippen molar-refractivity contribution in [2.45, 2.75) is 6.54 Å². The highest BCUT2D eigenvalue weighted by Gasteiger charge is 2.11. The van der Waals surface area contributed by atoms with Crippen molar-refractivity contribution in [3.05, 3.63) is 52.0 Å². The van der Waals surface area contributed by atoms with E-state index in [0.29, 0.717) is 12.1 Å². The Bertz CT molecular complexity index is 551. The van der Waals surface area contributed by atoms with Gasteiger partial charge in [-0.1, -0.05) is 0 Å². The summed E-state index contributed by atoms with van der Waals surface area (Å²) in [5, 5.41) is 11.6. The first kappa shape index (κ1) is 12.6. The second-order valence-electron chi connectivity index (χ2n) is 4.06. The Balaban J connectivity index is 2.29. The maximum absolute atomic E-state index is 13.2.